The number of nitrogen functional groups attached to an aromatic ring is 1. The van der Waals surface area contributed by atoms with E-state index in [0.717, 1.165) is 24.8 Å². The minimum Gasteiger partial charge on any atom is -0.468 e. The fourth-order valence-electron chi connectivity index (χ4n) is 2.18. The number of rotatable bonds is 2. The Hall–Kier alpha value is -1.16. The van der Waals surface area contributed by atoms with Crippen LogP contribution in [0.3, 0.4) is 0 Å². The van der Waals surface area contributed by atoms with Crippen molar-refractivity contribution >= 4 is 24.3 Å². The lowest BCUT2D eigenvalue weighted by Gasteiger charge is -2.39. The lowest BCUT2D eigenvalue weighted by molar-refractivity contribution is -0.151. The highest BCUT2D eigenvalue weighted by Crippen LogP contribution is 2.45. The summed E-state index contributed by atoms with van der Waals surface area (Å²) < 4.78 is 4.89. The maximum absolute atomic E-state index is 11.8. The third-order valence-electron chi connectivity index (χ3n) is 3.37. The molecule has 86 valence electrons. The number of benzene rings is 1. The van der Waals surface area contributed by atoms with Crippen molar-refractivity contribution in [2.45, 2.75) is 29.6 Å². The lowest BCUT2D eigenvalue weighted by atomic mass is 9.64. The molecule has 0 heterocycles. The Balaban J connectivity index is 2.41. The predicted molar refractivity (Wildman–Crippen MR) is 65.7 cm³/mol. The Bertz CT molecular complexity index is 427. The molecule has 1 aromatic rings. The highest BCUT2D eigenvalue weighted by molar-refractivity contribution is 7.80. The van der Waals surface area contributed by atoms with Crippen molar-refractivity contribution in [2.75, 3.05) is 12.8 Å². The van der Waals surface area contributed by atoms with Crippen LogP contribution < -0.4 is 5.73 Å². The average molecular weight is 237 g/mol. The van der Waals surface area contributed by atoms with Crippen LogP contribution in [0.1, 0.15) is 24.8 Å². The number of carbonyl (C=O) groups is 1. The number of nitrogens with two attached hydrogens (primary N) is 1. The number of esters is 1. The van der Waals surface area contributed by atoms with E-state index in [0.29, 0.717) is 10.6 Å². The zero-order valence-corrected chi connectivity index (χ0v) is 10.1. The molecule has 1 aliphatic rings. The van der Waals surface area contributed by atoms with Gasteiger partial charge in [-0.3, -0.25) is 4.79 Å². The number of methoxy groups -OCH3 is 1. The van der Waals surface area contributed by atoms with Crippen molar-refractivity contribution in [1.82, 2.24) is 0 Å². The van der Waals surface area contributed by atoms with Crippen LogP contribution in [0.2, 0.25) is 0 Å². The SMILES string of the molecule is COC(=O)C1(c2ccc(N)c(S)c2)CCC1. The third-order valence-corrected chi connectivity index (χ3v) is 3.75. The first-order valence-corrected chi connectivity index (χ1v) is 5.72. The van der Waals surface area contributed by atoms with Gasteiger partial charge in [0.05, 0.1) is 12.5 Å². The molecule has 0 aromatic heterocycles. The van der Waals surface area contributed by atoms with E-state index < -0.39 is 5.41 Å². The summed E-state index contributed by atoms with van der Waals surface area (Å²) in [5, 5.41) is 0. The van der Waals surface area contributed by atoms with Gasteiger partial charge in [-0.15, -0.1) is 12.6 Å². The Kier molecular flexibility index (Phi) is 2.84. The van der Waals surface area contributed by atoms with Crippen LogP contribution in [0.5, 0.6) is 0 Å². The second-order valence-corrected chi connectivity index (χ2v) is 4.68. The molecular formula is C12H15NO2S. The Labute approximate surface area is 100 Å². The van der Waals surface area contributed by atoms with Crippen molar-refractivity contribution in [1.29, 1.82) is 0 Å². The van der Waals surface area contributed by atoms with Crippen molar-refractivity contribution in [3.05, 3.63) is 23.8 Å². The van der Waals surface area contributed by atoms with Crippen LogP contribution in [0.15, 0.2) is 23.1 Å². The van der Waals surface area contributed by atoms with Gasteiger partial charge in [0.2, 0.25) is 0 Å². The molecular weight excluding hydrogens is 222 g/mol. The minimum atomic E-state index is -0.458. The summed E-state index contributed by atoms with van der Waals surface area (Å²) in [6.45, 7) is 0. The first kappa shape index (κ1) is 11.3. The maximum atomic E-state index is 11.8. The minimum absolute atomic E-state index is 0.156. The molecule has 0 unspecified atom stereocenters. The molecule has 2 N–H and O–H groups in total. The molecule has 16 heavy (non-hydrogen) atoms. The summed E-state index contributed by atoms with van der Waals surface area (Å²) in [4.78, 5) is 12.5. The van der Waals surface area contributed by atoms with Crippen LogP contribution in [0.4, 0.5) is 5.69 Å². The van der Waals surface area contributed by atoms with Gasteiger partial charge in [-0.05, 0) is 30.5 Å². The molecule has 2 rings (SSSR count). The summed E-state index contributed by atoms with van der Waals surface area (Å²) in [5.74, 6) is -0.156. The molecule has 0 radical (unpaired) electrons. The number of hydrogen-bond acceptors (Lipinski definition) is 4. The van der Waals surface area contributed by atoms with E-state index in [1.54, 1.807) is 6.07 Å². The molecule has 0 amide bonds. The van der Waals surface area contributed by atoms with E-state index in [4.69, 9.17) is 10.5 Å². The Morgan fingerprint density at radius 2 is 2.19 bits per heavy atom. The van der Waals surface area contributed by atoms with Crippen molar-refractivity contribution in [2.24, 2.45) is 0 Å². The Morgan fingerprint density at radius 1 is 1.50 bits per heavy atom. The van der Waals surface area contributed by atoms with Gasteiger partial charge in [0.15, 0.2) is 0 Å². The molecule has 3 nitrogen and oxygen atoms in total. The van der Waals surface area contributed by atoms with Crippen molar-refractivity contribution < 1.29 is 9.53 Å². The van der Waals surface area contributed by atoms with Crippen molar-refractivity contribution in [3.8, 4) is 0 Å². The molecule has 0 bridgehead atoms. The van der Waals surface area contributed by atoms with E-state index >= 15 is 0 Å². The van der Waals surface area contributed by atoms with E-state index in [2.05, 4.69) is 12.6 Å². The quantitative estimate of drug-likeness (QED) is 0.471. The molecule has 0 spiro atoms. The maximum Gasteiger partial charge on any atom is 0.316 e. The standard InChI is InChI=1S/C12H15NO2S/c1-15-11(14)12(5-2-6-12)8-3-4-9(13)10(16)7-8/h3-4,7,16H,2,5-6,13H2,1H3. The van der Waals surface area contributed by atoms with Gasteiger partial charge in [-0.2, -0.15) is 0 Å². The number of ether oxygens (including phenoxy) is 1. The largest absolute Gasteiger partial charge is 0.468 e. The number of hydrogen-bond donors (Lipinski definition) is 2. The smallest absolute Gasteiger partial charge is 0.316 e. The van der Waals surface area contributed by atoms with Crippen LogP contribution in [0.25, 0.3) is 0 Å². The molecule has 0 atom stereocenters. The molecule has 4 heteroatoms. The topological polar surface area (TPSA) is 52.3 Å². The van der Waals surface area contributed by atoms with E-state index in [1.807, 2.05) is 12.1 Å². The normalized spacial score (nSPS) is 17.6. The summed E-state index contributed by atoms with van der Waals surface area (Å²) >= 11 is 4.28. The summed E-state index contributed by atoms with van der Waals surface area (Å²) in [6.07, 6.45) is 2.75. The first-order chi connectivity index (χ1) is 7.60. The van der Waals surface area contributed by atoms with Gasteiger partial charge in [0.1, 0.15) is 0 Å². The number of carbonyl (C=O) groups excluding carboxylic acids is 1. The molecule has 1 aromatic carbocycles. The van der Waals surface area contributed by atoms with Crippen LogP contribution >= 0.6 is 12.6 Å². The molecule has 1 saturated carbocycles. The van der Waals surface area contributed by atoms with Crippen LogP contribution in [-0.2, 0) is 14.9 Å². The van der Waals surface area contributed by atoms with Gasteiger partial charge >= 0.3 is 5.97 Å². The molecule has 0 aliphatic heterocycles. The predicted octanol–water partition coefficient (Wildman–Crippen LogP) is 2.15. The summed E-state index contributed by atoms with van der Waals surface area (Å²) in [7, 11) is 1.43. The summed E-state index contributed by atoms with van der Waals surface area (Å²) in [5.41, 5.74) is 6.84. The average Bonchev–Trinajstić information content (AvgIpc) is 2.21. The van der Waals surface area contributed by atoms with E-state index in [9.17, 15) is 4.79 Å². The van der Waals surface area contributed by atoms with Gasteiger partial charge in [0, 0.05) is 10.6 Å². The van der Waals surface area contributed by atoms with Gasteiger partial charge in [-0.1, -0.05) is 12.5 Å². The highest BCUT2D eigenvalue weighted by Gasteiger charge is 2.46. The second-order valence-electron chi connectivity index (χ2n) is 4.20. The summed E-state index contributed by atoms with van der Waals surface area (Å²) in [6, 6.07) is 5.56. The van der Waals surface area contributed by atoms with Gasteiger partial charge in [0.25, 0.3) is 0 Å². The zero-order valence-electron chi connectivity index (χ0n) is 9.19. The van der Waals surface area contributed by atoms with E-state index in [-0.39, 0.29) is 5.97 Å². The monoisotopic (exact) mass is 237 g/mol. The number of thiol groups is 1. The van der Waals surface area contributed by atoms with Crippen molar-refractivity contribution in [3.63, 3.8) is 0 Å². The third kappa shape index (κ3) is 1.57. The Morgan fingerprint density at radius 3 is 2.62 bits per heavy atom. The van der Waals surface area contributed by atoms with Crippen LogP contribution in [0, 0.1) is 0 Å². The molecule has 1 fully saturated rings. The van der Waals surface area contributed by atoms with Gasteiger partial charge < -0.3 is 10.5 Å². The first-order valence-electron chi connectivity index (χ1n) is 5.27. The zero-order chi connectivity index (χ0) is 11.8. The van der Waals surface area contributed by atoms with Crippen LogP contribution in [-0.4, -0.2) is 13.1 Å². The second kappa shape index (κ2) is 4.01. The molecule has 0 saturated heterocycles. The molecule has 1 aliphatic carbocycles. The fourth-order valence-corrected chi connectivity index (χ4v) is 2.39. The number of anilines is 1. The highest BCUT2D eigenvalue weighted by atomic mass is 32.1. The fraction of sp³-hybridized carbons (Fsp3) is 0.417. The lowest BCUT2D eigenvalue weighted by Crippen LogP contribution is -2.43. The van der Waals surface area contributed by atoms with E-state index in [1.165, 1.54) is 7.11 Å². The van der Waals surface area contributed by atoms with Gasteiger partial charge in [-0.25, -0.2) is 0 Å².